The summed E-state index contributed by atoms with van der Waals surface area (Å²) in [6.07, 6.45) is 0.989. The molecule has 2 heterocycles. The first-order chi connectivity index (χ1) is 14.6. The number of nitrogens with zero attached hydrogens (tertiary/aromatic N) is 2. The van der Waals surface area contributed by atoms with Gasteiger partial charge in [-0.1, -0.05) is 36.4 Å². The fourth-order valence-corrected chi connectivity index (χ4v) is 3.47. The number of carbonyl (C=O) groups is 1. The quantitative estimate of drug-likeness (QED) is 0.657. The zero-order chi connectivity index (χ0) is 20.9. The van der Waals surface area contributed by atoms with E-state index < -0.39 is 11.7 Å². The minimum Gasteiger partial charge on any atom is -0.438 e. The third kappa shape index (κ3) is 4.82. The molecule has 2 aromatic carbocycles. The van der Waals surface area contributed by atoms with Crippen LogP contribution in [0, 0.1) is 5.82 Å². The van der Waals surface area contributed by atoms with Gasteiger partial charge in [-0.05, 0) is 34.9 Å². The molecule has 0 spiro atoms. The minimum atomic E-state index is -0.798. The van der Waals surface area contributed by atoms with Crippen LogP contribution in [0.25, 0.3) is 11.1 Å². The van der Waals surface area contributed by atoms with Crippen LogP contribution < -0.4 is 15.8 Å². The Hall–Kier alpha value is -3.29. The Labute approximate surface area is 174 Å². The van der Waals surface area contributed by atoms with Gasteiger partial charge < -0.3 is 15.8 Å². The molecule has 1 fully saturated rings. The maximum Gasteiger partial charge on any atom is 0.254 e. The molecular weight excluding hydrogens is 383 g/mol. The van der Waals surface area contributed by atoms with Crippen LogP contribution in [0.2, 0.25) is 0 Å². The van der Waals surface area contributed by atoms with Crippen molar-refractivity contribution in [3.8, 4) is 22.8 Å². The molecule has 1 amide bonds. The number of aromatic nitrogens is 1. The molecule has 6 nitrogen and oxygen atoms in total. The maximum absolute atomic E-state index is 13.4. The fourth-order valence-electron chi connectivity index (χ4n) is 3.47. The highest BCUT2D eigenvalue weighted by Gasteiger charge is 2.14. The summed E-state index contributed by atoms with van der Waals surface area (Å²) in [5.41, 5.74) is 8.49. The number of pyridine rings is 1. The summed E-state index contributed by atoms with van der Waals surface area (Å²) in [7, 11) is 0. The second-order valence-electron chi connectivity index (χ2n) is 7.22. The van der Waals surface area contributed by atoms with Crippen molar-refractivity contribution in [3.05, 3.63) is 77.7 Å². The molecule has 3 N–H and O–H groups in total. The number of benzene rings is 2. The van der Waals surface area contributed by atoms with Crippen molar-refractivity contribution in [1.29, 1.82) is 0 Å². The van der Waals surface area contributed by atoms with E-state index in [1.54, 1.807) is 6.07 Å². The van der Waals surface area contributed by atoms with Gasteiger partial charge in [-0.2, -0.15) is 0 Å². The van der Waals surface area contributed by atoms with Crippen molar-refractivity contribution >= 4 is 5.91 Å². The Balaban J connectivity index is 1.50. The number of piperazine rings is 1. The summed E-state index contributed by atoms with van der Waals surface area (Å²) >= 11 is 0. The molecule has 7 heteroatoms. The minimum absolute atomic E-state index is 0.0209. The van der Waals surface area contributed by atoms with Crippen molar-refractivity contribution in [2.45, 2.75) is 6.54 Å². The molecule has 0 bridgehead atoms. The average molecular weight is 406 g/mol. The van der Waals surface area contributed by atoms with Crippen LogP contribution in [0.4, 0.5) is 4.39 Å². The lowest BCUT2D eigenvalue weighted by Gasteiger charge is -2.27. The van der Waals surface area contributed by atoms with Gasteiger partial charge in [0.05, 0.1) is 6.20 Å². The highest BCUT2D eigenvalue weighted by Crippen LogP contribution is 2.28. The Morgan fingerprint density at radius 1 is 1.10 bits per heavy atom. The summed E-state index contributed by atoms with van der Waals surface area (Å²) < 4.78 is 19.1. The number of halogens is 1. The van der Waals surface area contributed by atoms with E-state index in [1.165, 1.54) is 5.56 Å². The number of amides is 1. The van der Waals surface area contributed by atoms with Gasteiger partial charge in [-0.3, -0.25) is 9.69 Å². The number of carbonyl (C=O) groups excluding carboxylic acids is 1. The second kappa shape index (κ2) is 9.02. The zero-order valence-electron chi connectivity index (χ0n) is 16.5. The first-order valence-corrected chi connectivity index (χ1v) is 9.84. The number of ether oxygens (including phenoxy) is 1. The van der Waals surface area contributed by atoms with Gasteiger partial charge in [-0.15, -0.1) is 0 Å². The zero-order valence-corrected chi connectivity index (χ0v) is 16.5. The normalized spacial score (nSPS) is 14.4. The fraction of sp³-hybridized carbons (Fsp3) is 0.217. The van der Waals surface area contributed by atoms with Gasteiger partial charge in [-0.25, -0.2) is 9.37 Å². The summed E-state index contributed by atoms with van der Waals surface area (Å²) in [4.78, 5) is 17.8. The van der Waals surface area contributed by atoms with E-state index in [-0.39, 0.29) is 11.4 Å². The van der Waals surface area contributed by atoms with Crippen LogP contribution in [0.3, 0.4) is 0 Å². The number of primary amides is 1. The largest absolute Gasteiger partial charge is 0.438 e. The van der Waals surface area contributed by atoms with Crippen molar-refractivity contribution in [2.75, 3.05) is 26.2 Å². The third-order valence-electron chi connectivity index (χ3n) is 5.03. The van der Waals surface area contributed by atoms with Crippen LogP contribution in [0.5, 0.6) is 11.6 Å². The summed E-state index contributed by atoms with van der Waals surface area (Å²) in [6, 6.07) is 16.9. The van der Waals surface area contributed by atoms with Crippen molar-refractivity contribution in [2.24, 2.45) is 5.73 Å². The van der Waals surface area contributed by atoms with Crippen LogP contribution in [0.15, 0.2) is 60.8 Å². The molecule has 0 radical (unpaired) electrons. The first-order valence-electron chi connectivity index (χ1n) is 9.84. The van der Waals surface area contributed by atoms with E-state index in [1.807, 2.05) is 18.2 Å². The molecule has 1 aromatic heterocycles. The lowest BCUT2D eigenvalue weighted by molar-refractivity contribution is 0.0997. The number of hydrogen-bond acceptors (Lipinski definition) is 5. The molecular formula is C23H23FN4O2. The Morgan fingerprint density at radius 2 is 1.87 bits per heavy atom. The Morgan fingerprint density at radius 3 is 2.60 bits per heavy atom. The predicted octanol–water partition coefficient (Wildman–Crippen LogP) is 3.18. The topological polar surface area (TPSA) is 80.5 Å². The van der Waals surface area contributed by atoms with Crippen molar-refractivity contribution in [3.63, 3.8) is 0 Å². The number of nitrogens with one attached hydrogen (secondary N) is 1. The predicted molar refractivity (Wildman–Crippen MR) is 113 cm³/mol. The van der Waals surface area contributed by atoms with Gasteiger partial charge in [0.2, 0.25) is 5.88 Å². The molecule has 1 aliphatic rings. The van der Waals surface area contributed by atoms with Crippen LogP contribution >= 0.6 is 0 Å². The van der Waals surface area contributed by atoms with Gasteiger partial charge in [0.25, 0.3) is 5.91 Å². The van der Waals surface area contributed by atoms with Crippen molar-refractivity contribution < 1.29 is 13.9 Å². The monoisotopic (exact) mass is 406 g/mol. The molecule has 3 aromatic rings. The summed E-state index contributed by atoms with van der Waals surface area (Å²) in [5, 5.41) is 3.36. The van der Waals surface area contributed by atoms with E-state index >= 15 is 0 Å². The first kappa shape index (κ1) is 20.0. The molecule has 0 unspecified atom stereocenters. The third-order valence-corrected chi connectivity index (χ3v) is 5.03. The lowest BCUT2D eigenvalue weighted by Crippen LogP contribution is -2.42. The van der Waals surface area contributed by atoms with Crippen LogP contribution in [-0.4, -0.2) is 42.0 Å². The number of hydrogen-bond donors (Lipinski definition) is 2. The molecule has 0 atom stereocenters. The standard InChI is InChI=1S/C23H23FN4O2/c24-19-13-21(22(25)29)23(27-14-19)30-20-3-1-2-18(12-20)17-6-4-16(5-7-17)15-28-10-8-26-9-11-28/h1-7,12-14,26H,8-11,15H2,(H2,25,29). The Kier molecular flexibility index (Phi) is 6.02. The highest BCUT2D eigenvalue weighted by atomic mass is 19.1. The summed E-state index contributed by atoms with van der Waals surface area (Å²) in [5.74, 6) is -0.981. The van der Waals surface area contributed by atoms with Gasteiger partial charge in [0.15, 0.2) is 0 Å². The smallest absolute Gasteiger partial charge is 0.254 e. The van der Waals surface area contributed by atoms with E-state index in [0.29, 0.717) is 5.75 Å². The SMILES string of the molecule is NC(=O)c1cc(F)cnc1Oc1cccc(-c2ccc(CN3CCNCC3)cc2)c1. The van der Waals surface area contributed by atoms with Crippen molar-refractivity contribution in [1.82, 2.24) is 15.2 Å². The van der Waals surface area contributed by atoms with E-state index in [2.05, 4.69) is 39.5 Å². The molecule has 1 aliphatic heterocycles. The lowest BCUT2D eigenvalue weighted by atomic mass is 10.0. The van der Waals surface area contributed by atoms with Crippen LogP contribution in [0.1, 0.15) is 15.9 Å². The maximum atomic E-state index is 13.4. The van der Waals surface area contributed by atoms with Gasteiger partial charge >= 0.3 is 0 Å². The molecule has 30 heavy (non-hydrogen) atoms. The number of rotatable bonds is 6. The Bertz CT molecular complexity index is 1030. The number of nitrogens with two attached hydrogens (primary N) is 1. The van der Waals surface area contributed by atoms with E-state index in [0.717, 1.165) is 56.1 Å². The van der Waals surface area contributed by atoms with E-state index in [4.69, 9.17) is 10.5 Å². The molecule has 4 rings (SSSR count). The molecule has 0 aliphatic carbocycles. The molecule has 1 saturated heterocycles. The molecule has 154 valence electrons. The average Bonchev–Trinajstić information content (AvgIpc) is 2.76. The summed E-state index contributed by atoms with van der Waals surface area (Å²) in [6.45, 7) is 5.13. The molecule has 0 saturated carbocycles. The van der Waals surface area contributed by atoms with Crippen LogP contribution in [-0.2, 0) is 6.54 Å². The van der Waals surface area contributed by atoms with Gasteiger partial charge in [0, 0.05) is 32.7 Å². The second-order valence-corrected chi connectivity index (χ2v) is 7.22. The van der Waals surface area contributed by atoms with Gasteiger partial charge in [0.1, 0.15) is 17.1 Å². The highest BCUT2D eigenvalue weighted by molar-refractivity contribution is 5.95. The van der Waals surface area contributed by atoms with E-state index in [9.17, 15) is 9.18 Å².